The summed E-state index contributed by atoms with van der Waals surface area (Å²) in [4.78, 5) is 7.19. The van der Waals surface area contributed by atoms with E-state index in [2.05, 4.69) is 56.1 Å². The molecule has 0 aliphatic rings. The van der Waals surface area contributed by atoms with Gasteiger partial charge < -0.3 is 5.32 Å². The molecule has 0 saturated heterocycles. The minimum Gasteiger partial charge on any atom is -0.311 e. The van der Waals surface area contributed by atoms with E-state index in [1.165, 1.54) is 5.69 Å². The molecule has 1 N–H and O–H groups in total. The molecule has 108 valence electrons. The predicted octanol–water partition coefficient (Wildman–Crippen LogP) is 3.06. The van der Waals surface area contributed by atoms with E-state index >= 15 is 0 Å². The Balaban J connectivity index is 2.54. The third-order valence-corrected chi connectivity index (χ3v) is 3.05. The summed E-state index contributed by atoms with van der Waals surface area (Å²) in [6.45, 7) is 14.0. The average Bonchev–Trinajstić information content (AvgIpc) is 2.38. The summed E-state index contributed by atoms with van der Waals surface area (Å²) in [7, 11) is 0. The van der Waals surface area contributed by atoms with Gasteiger partial charge in [0.25, 0.3) is 0 Å². The lowest BCUT2D eigenvalue weighted by atomic mass is 10.2. The van der Waals surface area contributed by atoms with Crippen LogP contribution in [0.2, 0.25) is 0 Å². The molecule has 1 aromatic heterocycles. The van der Waals surface area contributed by atoms with Gasteiger partial charge in [0.1, 0.15) is 0 Å². The van der Waals surface area contributed by atoms with Crippen LogP contribution in [0.5, 0.6) is 0 Å². The maximum Gasteiger partial charge on any atom is 0.0547 e. The lowest BCUT2D eigenvalue weighted by molar-refractivity contribution is 0.245. The Kier molecular flexibility index (Phi) is 7.68. The van der Waals surface area contributed by atoms with E-state index in [-0.39, 0.29) is 0 Å². The van der Waals surface area contributed by atoms with Gasteiger partial charge in [0.15, 0.2) is 0 Å². The van der Waals surface area contributed by atoms with Crippen LogP contribution in [-0.4, -0.2) is 29.5 Å². The zero-order chi connectivity index (χ0) is 14.1. The minimum atomic E-state index is 0.703. The van der Waals surface area contributed by atoms with Gasteiger partial charge in [0, 0.05) is 19.6 Å². The molecule has 19 heavy (non-hydrogen) atoms. The monoisotopic (exact) mass is 263 g/mol. The van der Waals surface area contributed by atoms with Crippen LogP contribution in [0.4, 0.5) is 0 Å². The lowest BCUT2D eigenvalue weighted by Gasteiger charge is -2.22. The van der Waals surface area contributed by atoms with Crippen molar-refractivity contribution in [3.05, 3.63) is 29.6 Å². The number of pyridine rings is 1. The first-order valence-electron chi connectivity index (χ1n) is 7.53. The van der Waals surface area contributed by atoms with Crippen LogP contribution in [0, 0.1) is 5.92 Å². The number of aromatic nitrogens is 1. The predicted molar refractivity (Wildman–Crippen MR) is 82.0 cm³/mol. The van der Waals surface area contributed by atoms with Crippen molar-refractivity contribution < 1.29 is 0 Å². The highest BCUT2D eigenvalue weighted by atomic mass is 15.1. The Bertz CT molecular complexity index is 350. The smallest absolute Gasteiger partial charge is 0.0547 e. The largest absolute Gasteiger partial charge is 0.311 e. The van der Waals surface area contributed by atoms with Crippen molar-refractivity contribution in [2.24, 2.45) is 5.92 Å². The van der Waals surface area contributed by atoms with E-state index < -0.39 is 0 Å². The van der Waals surface area contributed by atoms with Crippen molar-refractivity contribution in [1.82, 2.24) is 15.2 Å². The van der Waals surface area contributed by atoms with E-state index in [0.29, 0.717) is 5.92 Å². The van der Waals surface area contributed by atoms with Crippen molar-refractivity contribution in [2.75, 3.05) is 19.6 Å². The first kappa shape index (κ1) is 16.1. The molecule has 0 amide bonds. The van der Waals surface area contributed by atoms with Gasteiger partial charge in [0.2, 0.25) is 0 Å². The molecule has 3 nitrogen and oxygen atoms in total. The number of rotatable bonds is 9. The fourth-order valence-electron chi connectivity index (χ4n) is 2.16. The second kappa shape index (κ2) is 9.05. The Morgan fingerprint density at radius 1 is 1.21 bits per heavy atom. The molecule has 1 aromatic rings. The van der Waals surface area contributed by atoms with Crippen LogP contribution in [0.3, 0.4) is 0 Å². The van der Waals surface area contributed by atoms with Crippen molar-refractivity contribution in [3.63, 3.8) is 0 Å². The average molecular weight is 263 g/mol. The fraction of sp³-hybridized carbons (Fsp3) is 0.688. The lowest BCUT2D eigenvalue weighted by Crippen LogP contribution is -2.27. The molecule has 0 aliphatic heterocycles. The maximum atomic E-state index is 4.74. The summed E-state index contributed by atoms with van der Waals surface area (Å²) in [6.07, 6.45) is 1.16. The number of nitrogens with one attached hydrogen (secondary N) is 1. The molecular formula is C16H29N3. The van der Waals surface area contributed by atoms with Crippen molar-refractivity contribution >= 4 is 0 Å². The first-order chi connectivity index (χ1) is 9.15. The first-order valence-corrected chi connectivity index (χ1v) is 7.53. The molecule has 0 saturated carbocycles. The molecule has 0 unspecified atom stereocenters. The Hall–Kier alpha value is -0.930. The van der Waals surface area contributed by atoms with Gasteiger partial charge >= 0.3 is 0 Å². The number of hydrogen-bond acceptors (Lipinski definition) is 3. The topological polar surface area (TPSA) is 28.2 Å². The minimum absolute atomic E-state index is 0.703. The highest BCUT2D eigenvalue weighted by Gasteiger charge is 2.07. The summed E-state index contributed by atoms with van der Waals surface area (Å²) < 4.78 is 0. The highest BCUT2D eigenvalue weighted by molar-refractivity contribution is 5.11. The second-order valence-corrected chi connectivity index (χ2v) is 5.52. The van der Waals surface area contributed by atoms with Gasteiger partial charge in [-0.25, -0.2) is 0 Å². The summed E-state index contributed by atoms with van der Waals surface area (Å²) in [5.74, 6) is 0.703. The molecule has 0 spiro atoms. The van der Waals surface area contributed by atoms with Crippen LogP contribution in [0.15, 0.2) is 18.2 Å². The standard InChI is InChI=1S/C16H29N3/c1-5-10-17-11-15-8-7-9-16(18-15)13-19(6-2)12-14(3)4/h7-9,14,17H,5-6,10-13H2,1-4H3. The van der Waals surface area contributed by atoms with Crippen LogP contribution < -0.4 is 5.32 Å². The van der Waals surface area contributed by atoms with Crippen molar-refractivity contribution in [2.45, 2.75) is 47.2 Å². The summed E-state index contributed by atoms with van der Waals surface area (Å²) in [6, 6.07) is 6.35. The summed E-state index contributed by atoms with van der Waals surface area (Å²) in [5.41, 5.74) is 2.32. The Labute approximate surface area is 118 Å². The van der Waals surface area contributed by atoms with Gasteiger partial charge in [0.05, 0.1) is 11.4 Å². The maximum absolute atomic E-state index is 4.74. The van der Waals surface area contributed by atoms with Gasteiger partial charge in [-0.3, -0.25) is 9.88 Å². The van der Waals surface area contributed by atoms with Crippen LogP contribution >= 0.6 is 0 Å². The zero-order valence-electron chi connectivity index (χ0n) is 12.9. The molecule has 1 rings (SSSR count). The molecule has 3 heteroatoms. The van der Waals surface area contributed by atoms with E-state index in [9.17, 15) is 0 Å². The van der Waals surface area contributed by atoms with Crippen molar-refractivity contribution in [3.8, 4) is 0 Å². The van der Waals surface area contributed by atoms with E-state index in [0.717, 1.165) is 44.8 Å². The van der Waals surface area contributed by atoms with Gasteiger partial charge in [-0.15, -0.1) is 0 Å². The zero-order valence-corrected chi connectivity index (χ0v) is 12.9. The van der Waals surface area contributed by atoms with Gasteiger partial charge in [-0.1, -0.05) is 33.8 Å². The van der Waals surface area contributed by atoms with Gasteiger partial charge in [-0.2, -0.15) is 0 Å². The van der Waals surface area contributed by atoms with Crippen molar-refractivity contribution in [1.29, 1.82) is 0 Å². The Morgan fingerprint density at radius 2 is 1.95 bits per heavy atom. The SMILES string of the molecule is CCCNCc1cccc(CN(CC)CC(C)C)n1. The van der Waals surface area contributed by atoms with Crippen LogP contribution in [0.25, 0.3) is 0 Å². The number of nitrogens with zero attached hydrogens (tertiary/aromatic N) is 2. The quantitative estimate of drug-likeness (QED) is 0.694. The molecule has 0 aromatic carbocycles. The van der Waals surface area contributed by atoms with Gasteiger partial charge in [-0.05, 0) is 37.6 Å². The summed E-state index contributed by atoms with van der Waals surface area (Å²) >= 11 is 0. The second-order valence-electron chi connectivity index (χ2n) is 5.52. The third-order valence-electron chi connectivity index (χ3n) is 3.05. The number of hydrogen-bond donors (Lipinski definition) is 1. The molecule has 0 aliphatic carbocycles. The molecule has 1 heterocycles. The molecule has 0 fully saturated rings. The van der Waals surface area contributed by atoms with Crippen LogP contribution in [0.1, 0.15) is 45.5 Å². The normalized spacial score (nSPS) is 11.5. The third kappa shape index (κ3) is 6.69. The molecule has 0 bridgehead atoms. The Morgan fingerprint density at radius 3 is 2.58 bits per heavy atom. The van der Waals surface area contributed by atoms with E-state index in [1.807, 2.05) is 0 Å². The molecule has 0 atom stereocenters. The summed E-state index contributed by atoms with van der Waals surface area (Å²) in [5, 5.41) is 3.40. The highest BCUT2D eigenvalue weighted by Crippen LogP contribution is 2.06. The molecular weight excluding hydrogens is 234 g/mol. The van der Waals surface area contributed by atoms with E-state index in [1.54, 1.807) is 0 Å². The fourth-order valence-corrected chi connectivity index (χ4v) is 2.16. The van der Waals surface area contributed by atoms with Crippen LogP contribution in [-0.2, 0) is 13.1 Å². The van der Waals surface area contributed by atoms with E-state index in [4.69, 9.17) is 4.98 Å². The molecule has 0 radical (unpaired) electrons.